The number of benzene rings is 1. The molecule has 0 fully saturated rings. The van der Waals surface area contributed by atoms with Gasteiger partial charge in [0, 0.05) is 13.6 Å². The van der Waals surface area contributed by atoms with Gasteiger partial charge in [0.05, 0.1) is 33.4 Å². The van der Waals surface area contributed by atoms with Gasteiger partial charge < -0.3 is 15.3 Å². The maximum Gasteiger partial charge on any atom is 0.321 e. The van der Waals surface area contributed by atoms with Crippen molar-refractivity contribution < 1.29 is 23.1 Å². The quantitative estimate of drug-likeness (QED) is 0.844. The molecule has 0 saturated heterocycles. The highest BCUT2D eigenvalue weighted by Gasteiger charge is 2.33. The molecule has 2 heterocycles. The number of nitrogens with one attached hydrogen (secondary N) is 1. The van der Waals surface area contributed by atoms with Crippen LogP contribution in [0.25, 0.3) is 0 Å². The van der Waals surface area contributed by atoms with Gasteiger partial charge in [0.2, 0.25) is 5.78 Å². The summed E-state index contributed by atoms with van der Waals surface area (Å²) < 4.78 is 25.3. The summed E-state index contributed by atoms with van der Waals surface area (Å²) in [5.74, 6) is -0.659. The number of aliphatic hydroxyl groups is 1. The molecule has 1 aliphatic heterocycles. The number of fused-ring (bicyclic) bond motifs is 2. The third-order valence-electron chi connectivity index (χ3n) is 3.91. The lowest BCUT2D eigenvalue weighted by Crippen LogP contribution is -2.34. The van der Waals surface area contributed by atoms with Crippen molar-refractivity contribution in [3.05, 3.63) is 45.6 Å². The van der Waals surface area contributed by atoms with Crippen molar-refractivity contribution >= 4 is 38.7 Å². The molecule has 0 unspecified atom stereocenters. The number of amides is 2. The van der Waals surface area contributed by atoms with Gasteiger partial charge in [-0.15, -0.1) is 11.3 Å². The zero-order chi connectivity index (χ0) is 18.2. The first kappa shape index (κ1) is 17.6. The number of sulfone groups is 1. The van der Waals surface area contributed by atoms with E-state index in [-0.39, 0.29) is 35.1 Å². The van der Waals surface area contributed by atoms with Crippen LogP contribution >= 0.6 is 11.3 Å². The Balaban J connectivity index is 2.11. The van der Waals surface area contributed by atoms with Crippen LogP contribution in [0.5, 0.6) is 0 Å². The van der Waals surface area contributed by atoms with Gasteiger partial charge in [-0.3, -0.25) is 4.79 Å². The second-order valence-corrected chi connectivity index (χ2v) is 8.49. The maximum atomic E-state index is 12.9. The second kappa shape index (κ2) is 6.58. The number of urea groups is 1. The average Bonchev–Trinajstić information content (AvgIpc) is 2.98. The Labute approximate surface area is 148 Å². The minimum Gasteiger partial charge on any atom is -0.395 e. The summed E-state index contributed by atoms with van der Waals surface area (Å²) in [6, 6.07) is 5.46. The predicted molar refractivity (Wildman–Crippen MR) is 93.8 cm³/mol. The Bertz CT molecular complexity index is 949. The summed E-state index contributed by atoms with van der Waals surface area (Å²) in [6.45, 7) is -0.0924. The zero-order valence-corrected chi connectivity index (χ0v) is 15.0. The normalized spacial score (nSPS) is 15.0. The Hall–Kier alpha value is -2.23. The monoisotopic (exact) mass is 380 g/mol. The van der Waals surface area contributed by atoms with E-state index in [2.05, 4.69) is 5.32 Å². The van der Waals surface area contributed by atoms with Crippen LogP contribution in [-0.2, 0) is 15.6 Å². The molecule has 1 aromatic carbocycles. The first-order valence-electron chi connectivity index (χ1n) is 7.45. The maximum absolute atomic E-state index is 12.9. The molecule has 2 N–H and O–H groups in total. The lowest BCUT2D eigenvalue weighted by molar-refractivity contribution is 0.104. The van der Waals surface area contributed by atoms with Crippen LogP contribution in [0, 0.1) is 0 Å². The standard InChI is InChI=1S/C16H16N2O5S2/c1-18(6-7-19)16(21)17-11-3-2-4-12-13(11)14(20)15-10(5-8-24-15)9-25(12,22)23/h2-5,8,19H,6-7,9H2,1H3,(H,17,21). The molecule has 0 atom stereocenters. The van der Waals surface area contributed by atoms with Gasteiger partial charge in [-0.25, -0.2) is 13.2 Å². The van der Waals surface area contributed by atoms with Crippen molar-refractivity contribution in [2.24, 2.45) is 0 Å². The summed E-state index contributed by atoms with van der Waals surface area (Å²) in [5.41, 5.74) is 0.595. The molecule has 132 valence electrons. The van der Waals surface area contributed by atoms with E-state index in [0.29, 0.717) is 10.4 Å². The highest BCUT2D eigenvalue weighted by molar-refractivity contribution is 7.90. The molecule has 0 aliphatic carbocycles. The van der Waals surface area contributed by atoms with Crippen LogP contribution in [0.3, 0.4) is 0 Å². The smallest absolute Gasteiger partial charge is 0.321 e. The average molecular weight is 380 g/mol. The molecular formula is C16H16N2O5S2. The number of carbonyl (C=O) groups excluding carboxylic acids is 2. The van der Waals surface area contributed by atoms with Gasteiger partial charge in [0.25, 0.3) is 0 Å². The third-order valence-corrected chi connectivity index (χ3v) is 6.57. The topological polar surface area (TPSA) is 104 Å². The molecule has 1 aliphatic rings. The Morgan fingerprint density at radius 2 is 2.12 bits per heavy atom. The molecule has 2 amide bonds. The van der Waals surface area contributed by atoms with E-state index in [4.69, 9.17) is 5.11 Å². The number of hydrogen-bond acceptors (Lipinski definition) is 6. The molecule has 3 rings (SSSR count). The zero-order valence-electron chi connectivity index (χ0n) is 13.4. The highest BCUT2D eigenvalue weighted by Crippen LogP contribution is 2.35. The molecule has 2 aromatic rings. The number of rotatable bonds is 3. The summed E-state index contributed by atoms with van der Waals surface area (Å²) >= 11 is 1.18. The van der Waals surface area contributed by atoms with Crippen molar-refractivity contribution in [3.8, 4) is 0 Å². The number of aliphatic hydroxyl groups excluding tert-OH is 1. The first-order chi connectivity index (χ1) is 11.8. The summed E-state index contributed by atoms with van der Waals surface area (Å²) in [4.78, 5) is 26.6. The van der Waals surface area contributed by atoms with E-state index in [1.807, 2.05) is 0 Å². The van der Waals surface area contributed by atoms with Crippen molar-refractivity contribution in [1.29, 1.82) is 0 Å². The second-order valence-electron chi connectivity index (χ2n) is 5.62. The number of carbonyl (C=O) groups is 2. The largest absolute Gasteiger partial charge is 0.395 e. The molecule has 0 bridgehead atoms. The fraction of sp³-hybridized carbons (Fsp3) is 0.250. The molecule has 0 spiro atoms. The van der Waals surface area contributed by atoms with Gasteiger partial charge in [-0.05, 0) is 29.1 Å². The number of hydrogen-bond donors (Lipinski definition) is 2. The van der Waals surface area contributed by atoms with E-state index in [1.165, 1.54) is 41.5 Å². The van der Waals surface area contributed by atoms with Crippen LogP contribution in [-0.4, -0.2) is 50.4 Å². The van der Waals surface area contributed by atoms with E-state index in [0.717, 1.165) is 0 Å². The van der Waals surface area contributed by atoms with E-state index in [1.54, 1.807) is 11.4 Å². The SMILES string of the molecule is CN(CCO)C(=O)Nc1cccc2c1C(=O)c1sccc1CS2(=O)=O. The van der Waals surface area contributed by atoms with Crippen molar-refractivity contribution in [1.82, 2.24) is 4.90 Å². The van der Waals surface area contributed by atoms with Crippen molar-refractivity contribution in [3.63, 3.8) is 0 Å². The summed E-state index contributed by atoms with van der Waals surface area (Å²) in [6.07, 6.45) is 0. The highest BCUT2D eigenvalue weighted by atomic mass is 32.2. The number of likely N-dealkylation sites (N-methyl/N-ethyl adjacent to an activating group) is 1. The number of nitrogens with zero attached hydrogens (tertiary/aromatic N) is 1. The van der Waals surface area contributed by atoms with E-state index >= 15 is 0 Å². The Morgan fingerprint density at radius 1 is 1.36 bits per heavy atom. The number of ketones is 1. The molecule has 9 heteroatoms. The van der Waals surface area contributed by atoms with E-state index < -0.39 is 21.7 Å². The number of thiophene rings is 1. The minimum absolute atomic E-state index is 0.0190. The van der Waals surface area contributed by atoms with Gasteiger partial charge in [0.1, 0.15) is 0 Å². The third kappa shape index (κ3) is 3.17. The fourth-order valence-corrected chi connectivity index (χ4v) is 5.20. The van der Waals surface area contributed by atoms with E-state index in [9.17, 15) is 18.0 Å². The van der Waals surface area contributed by atoms with Crippen LogP contribution in [0.4, 0.5) is 10.5 Å². The van der Waals surface area contributed by atoms with Gasteiger partial charge in [-0.2, -0.15) is 0 Å². The van der Waals surface area contributed by atoms with Gasteiger partial charge >= 0.3 is 6.03 Å². The fourth-order valence-electron chi connectivity index (χ4n) is 2.64. The Kier molecular flexibility index (Phi) is 4.63. The Morgan fingerprint density at radius 3 is 2.84 bits per heavy atom. The summed E-state index contributed by atoms with van der Waals surface area (Å²) in [5, 5.41) is 13.2. The van der Waals surface area contributed by atoms with Crippen LogP contribution in [0.1, 0.15) is 20.8 Å². The minimum atomic E-state index is -3.70. The lowest BCUT2D eigenvalue weighted by Gasteiger charge is -2.18. The van der Waals surface area contributed by atoms with Gasteiger partial charge in [-0.1, -0.05) is 6.07 Å². The summed E-state index contributed by atoms with van der Waals surface area (Å²) in [7, 11) is -2.21. The van der Waals surface area contributed by atoms with Crippen molar-refractivity contribution in [2.75, 3.05) is 25.5 Å². The molecule has 25 heavy (non-hydrogen) atoms. The number of anilines is 1. The predicted octanol–water partition coefficient (Wildman–Crippen LogP) is 1.72. The van der Waals surface area contributed by atoms with Crippen LogP contribution in [0.2, 0.25) is 0 Å². The molecule has 0 radical (unpaired) electrons. The molecule has 0 saturated carbocycles. The first-order valence-corrected chi connectivity index (χ1v) is 9.98. The van der Waals surface area contributed by atoms with Gasteiger partial charge in [0.15, 0.2) is 9.84 Å². The molecule has 1 aromatic heterocycles. The molecule has 7 nitrogen and oxygen atoms in total. The van der Waals surface area contributed by atoms with Crippen LogP contribution in [0.15, 0.2) is 34.5 Å². The van der Waals surface area contributed by atoms with Crippen molar-refractivity contribution in [2.45, 2.75) is 10.6 Å². The van der Waals surface area contributed by atoms with Crippen LogP contribution < -0.4 is 5.32 Å². The lowest BCUT2D eigenvalue weighted by atomic mass is 10.1. The molecular weight excluding hydrogens is 364 g/mol.